The number of amides is 3. The molecule has 1 aromatic carbocycles. The van der Waals surface area contributed by atoms with E-state index in [1.54, 1.807) is 19.1 Å². The zero-order valence-corrected chi connectivity index (χ0v) is 13.0. The molecule has 0 aromatic heterocycles. The third-order valence-corrected chi connectivity index (χ3v) is 3.38. The Kier molecular flexibility index (Phi) is 4.13. The lowest BCUT2D eigenvalue weighted by atomic mass is 9.92. The van der Waals surface area contributed by atoms with Gasteiger partial charge in [0, 0.05) is 6.04 Å². The number of hydrogen-bond donors (Lipinski definition) is 3. The minimum absolute atomic E-state index is 0.103. The average Bonchev–Trinajstić information content (AvgIpc) is 2.64. The standard InChI is InChI=1S/C14H18N4O2S/c1-9(2)15-12(21)17-18-11(19)14(3,16-13(18)20)10-7-5-4-6-8-10/h4-9H,1-3H3,(H,16,20)(H2,15,17,21)/t14-/m1/s1. The molecule has 6 nitrogen and oxygen atoms in total. The molecule has 3 amide bonds. The van der Waals surface area contributed by atoms with Gasteiger partial charge in [-0.1, -0.05) is 30.3 Å². The Balaban J connectivity index is 2.19. The van der Waals surface area contributed by atoms with Gasteiger partial charge in [-0.25, -0.2) is 4.79 Å². The van der Waals surface area contributed by atoms with Crippen molar-refractivity contribution in [2.45, 2.75) is 32.4 Å². The highest BCUT2D eigenvalue weighted by Crippen LogP contribution is 2.27. The molecule has 0 unspecified atom stereocenters. The van der Waals surface area contributed by atoms with E-state index >= 15 is 0 Å². The van der Waals surface area contributed by atoms with Crippen LogP contribution < -0.4 is 16.1 Å². The van der Waals surface area contributed by atoms with Crippen molar-refractivity contribution in [1.82, 2.24) is 21.1 Å². The molecular formula is C14H18N4O2S. The Hall–Kier alpha value is -2.15. The molecule has 1 aromatic rings. The monoisotopic (exact) mass is 306 g/mol. The second kappa shape index (κ2) is 5.69. The minimum atomic E-state index is -1.10. The van der Waals surface area contributed by atoms with E-state index < -0.39 is 17.5 Å². The van der Waals surface area contributed by atoms with Gasteiger partial charge >= 0.3 is 6.03 Å². The molecule has 7 heteroatoms. The van der Waals surface area contributed by atoms with Crippen LogP contribution in [0, 0.1) is 0 Å². The van der Waals surface area contributed by atoms with E-state index in [9.17, 15) is 9.59 Å². The summed E-state index contributed by atoms with van der Waals surface area (Å²) in [6, 6.07) is 8.66. The van der Waals surface area contributed by atoms with E-state index in [2.05, 4.69) is 16.1 Å². The van der Waals surface area contributed by atoms with E-state index in [0.717, 1.165) is 10.6 Å². The molecule has 1 aliphatic rings. The van der Waals surface area contributed by atoms with Crippen LogP contribution in [0.25, 0.3) is 0 Å². The van der Waals surface area contributed by atoms with Crippen LogP contribution in [-0.4, -0.2) is 28.1 Å². The fraction of sp³-hybridized carbons (Fsp3) is 0.357. The largest absolute Gasteiger partial charge is 0.359 e. The van der Waals surface area contributed by atoms with Gasteiger partial charge in [-0.15, -0.1) is 0 Å². The van der Waals surface area contributed by atoms with Gasteiger partial charge in [0.1, 0.15) is 5.54 Å². The molecule has 0 saturated carbocycles. The molecule has 0 aliphatic carbocycles. The van der Waals surface area contributed by atoms with E-state index in [-0.39, 0.29) is 11.2 Å². The Bertz CT molecular complexity index is 576. The highest BCUT2D eigenvalue weighted by atomic mass is 32.1. The van der Waals surface area contributed by atoms with Crippen molar-refractivity contribution < 1.29 is 9.59 Å². The van der Waals surface area contributed by atoms with Gasteiger partial charge in [0.2, 0.25) is 0 Å². The maximum Gasteiger partial charge on any atom is 0.344 e. The topological polar surface area (TPSA) is 73.5 Å². The summed E-state index contributed by atoms with van der Waals surface area (Å²) in [6.07, 6.45) is 0. The first kappa shape index (κ1) is 15.2. The third-order valence-electron chi connectivity index (χ3n) is 3.18. The van der Waals surface area contributed by atoms with E-state index in [1.165, 1.54) is 0 Å². The number of rotatable bonds is 3. The maximum atomic E-state index is 12.6. The quantitative estimate of drug-likeness (QED) is 0.579. The number of urea groups is 1. The molecule has 1 fully saturated rings. The first-order valence-electron chi connectivity index (χ1n) is 6.64. The molecule has 2 rings (SSSR count). The summed E-state index contributed by atoms with van der Waals surface area (Å²) in [5.74, 6) is -0.397. The first-order valence-corrected chi connectivity index (χ1v) is 7.05. The normalized spacial score (nSPS) is 21.4. The number of carbonyl (C=O) groups is 2. The predicted molar refractivity (Wildman–Crippen MR) is 83.2 cm³/mol. The maximum absolute atomic E-state index is 12.6. The van der Waals surface area contributed by atoms with Crippen LogP contribution in [-0.2, 0) is 10.3 Å². The predicted octanol–water partition coefficient (Wildman–Crippen LogP) is 1.24. The first-order chi connectivity index (χ1) is 9.84. The van der Waals surface area contributed by atoms with E-state index in [0.29, 0.717) is 0 Å². The lowest BCUT2D eigenvalue weighted by Crippen LogP contribution is -2.52. The van der Waals surface area contributed by atoms with Gasteiger partial charge in [-0.2, -0.15) is 5.01 Å². The third kappa shape index (κ3) is 2.97. The summed E-state index contributed by atoms with van der Waals surface area (Å²) in [5, 5.41) is 6.75. The van der Waals surface area contributed by atoms with Gasteiger partial charge in [0.05, 0.1) is 0 Å². The molecule has 0 radical (unpaired) electrons. The molecule has 1 atom stereocenters. The molecule has 112 valence electrons. The second-order valence-electron chi connectivity index (χ2n) is 5.30. The number of nitrogens with one attached hydrogen (secondary N) is 3. The Morgan fingerprint density at radius 3 is 2.48 bits per heavy atom. The SMILES string of the molecule is CC(C)NC(=S)NN1C(=O)N[C@](C)(c2ccccc2)C1=O. The number of imide groups is 1. The van der Waals surface area contributed by atoms with Crippen LogP contribution in [0.4, 0.5) is 4.79 Å². The number of hydrogen-bond acceptors (Lipinski definition) is 3. The van der Waals surface area contributed by atoms with Crippen molar-refractivity contribution in [3.8, 4) is 0 Å². The number of thiocarbonyl (C=S) groups is 1. The smallest absolute Gasteiger partial charge is 0.344 e. The lowest BCUT2D eigenvalue weighted by Gasteiger charge is -2.23. The number of benzene rings is 1. The van der Waals surface area contributed by atoms with E-state index in [4.69, 9.17) is 12.2 Å². The summed E-state index contributed by atoms with van der Waals surface area (Å²) >= 11 is 5.07. The molecular weight excluding hydrogens is 288 g/mol. The molecule has 0 spiro atoms. The van der Waals surface area contributed by atoms with Crippen LogP contribution in [0.2, 0.25) is 0 Å². The van der Waals surface area contributed by atoms with E-state index in [1.807, 2.05) is 32.0 Å². The fourth-order valence-corrected chi connectivity index (χ4v) is 2.43. The fourth-order valence-electron chi connectivity index (χ4n) is 2.10. The number of hydrazine groups is 1. The van der Waals surface area contributed by atoms with Crippen LogP contribution in [0.1, 0.15) is 26.3 Å². The number of nitrogens with zero attached hydrogens (tertiary/aromatic N) is 1. The minimum Gasteiger partial charge on any atom is -0.359 e. The van der Waals surface area contributed by atoms with Gasteiger partial charge in [-0.05, 0) is 38.6 Å². The van der Waals surface area contributed by atoms with Crippen molar-refractivity contribution in [2.75, 3.05) is 0 Å². The van der Waals surface area contributed by atoms with Crippen molar-refractivity contribution in [3.63, 3.8) is 0 Å². The van der Waals surface area contributed by atoms with Crippen LogP contribution in [0.5, 0.6) is 0 Å². The Labute approximate surface area is 128 Å². The van der Waals surface area contributed by atoms with Crippen molar-refractivity contribution in [3.05, 3.63) is 35.9 Å². The summed E-state index contributed by atoms with van der Waals surface area (Å²) in [5.41, 5.74) is 2.25. The van der Waals surface area contributed by atoms with Crippen LogP contribution in [0.15, 0.2) is 30.3 Å². The van der Waals surface area contributed by atoms with Gasteiger partial charge < -0.3 is 10.6 Å². The zero-order chi connectivity index (χ0) is 15.6. The molecule has 3 N–H and O–H groups in total. The number of carbonyl (C=O) groups excluding carboxylic acids is 2. The molecule has 1 heterocycles. The van der Waals surface area contributed by atoms with Crippen molar-refractivity contribution in [2.24, 2.45) is 0 Å². The Morgan fingerprint density at radius 2 is 1.90 bits per heavy atom. The molecule has 1 aliphatic heterocycles. The van der Waals surface area contributed by atoms with Crippen LogP contribution in [0.3, 0.4) is 0 Å². The lowest BCUT2D eigenvalue weighted by molar-refractivity contribution is -0.132. The van der Waals surface area contributed by atoms with Gasteiger partial charge in [0.15, 0.2) is 5.11 Å². The molecule has 1 saturated heterocycles. The molecule has 0 bridgehead atoms. The zero-order valence-electron chi connectivity index (χ0n) is 12.1. The molecule has 21 heavy (non-hydrogen) atoms. The highest BCUT2D eigenvalue weighted by Gasteiger charge is 2.49. The second-order valence-corrected chi connectivity index (χ2v) is 5.71. The van der Waals surface area contributed by atoms with Gasteiger partial charge in [-0.3, -0.25) is 10.2 Å². The average molecular weight is 306 g/mol. The van der Waals surface area contributed by atoms with Crippen molar-refractivity contribution in [1.29, 1.82) is 0 Å². The van der Waals surface area contributed by atoms with Gasteiger partial charge in [0.25, 0.3) is 5.91 Å². The Morgan fingerprint density at radius 1 is 1.29 bits per heavy atom. The summed E-state index contributed by atoms with van der Waals surface area (Å²) in [7, 11) is 0. The summed E-state index contributed by atoms with van der Waals surface area (Å²) in [6.45, 7) is 5.49. The highest BCUT2D eigenvalue weighted by molar-refractivity contribution is 7.80. The van der Waals surface area contributed by atoms with Crippen molar-refractivity contribution >= 4 is 29.3 Å². The summed E-state index contributed by atoms with van der Waals surface area (Å²) < 4.78 is 0. The summed E-state index contributed by atoms with van der Waals surface area (Å²) in [4.78, 5) is 24.6. The van der Waals surface area contributed by atoms with Crippen LogP contribution >= 0.6 is 12.2 Å².